The van der Waals surface area contributed by atoms with Crippen LogP contribution in [0, 0.1) is 5.82 Å². The number of imide groups is 1. The van der Waals surface area contributed by atoms with Gasteiger partial charge in [-0.2, -0.15) is 0 Å². The summed E-state index contributed by atoms with van der Waals surface area (Å²) in [7, 11) is 0. The molecule has 2 amide bonds. The van der Waals surface area contributed by atoms with Gasteiger partial charge in [0.25, 0.3) is 11.1 Å². The largest absolute Gasteiger partial charge is 0.490 e. The molecule has 0 N–H and O–H groups in total. The number of halogens is 3. The highest BCUT2D eigenvalue weighted by Gasteiger charge is 2.36. The average Bonchev–Trinajstić information content (AvgIpc) is 3.17. The summed E-state index contributed by atoms with van der Waals surface area (Å²) < 4.78 is 27.0. The molecule has 0 unspecified atom stereocenters. The first kappa shape index (κ1) is 27.2. The first-order chi connectivity index (χ1) is 18.9. The van der Waals surface area contributed by atoms with Gasteiger partial charge in [-0.25, -0.2) is 4.39 Å². The van der Waals surface area contributed by atoms with Crippen molar-refractivity contribution in [3.8, 4) is 11.5 Å². The molecule has 198 valence electrons. The van der Waals surface area contributed by atoms with Crippen molar-refractivity contribution in [3.05, 3.63) is 110 Å². The van der Waals surface area contributed by atoms with Crippen molar-refractivity contribution in [2.24, 2.45) is 0 Å². The fraction of sp³-hybridized carbons (Fsp3) is 0.133. The molecule has 1 aliphatic rings. The predicted octanol–water partition coefficient (Wildman–Crippen LogP) is 8.61. The van der Waals surface area contributed by atoms with Crippen molar-refractivity contribution in [1.82, 2.24) is 4.90 Å². The molecule has 5 nitrogen and oxygen atoms in total. The minimum absolute atomic E-state index is 0.0942. The van der Waals surface area contributed by atoms with E-state index in [0.717, 1.165) is 33.0 Å². The van der Waals surface area contributed by atoms with Gasteiger partial charge < -0.3 is 9.47 Å². The van der Waals surface area contributed by atoms with Gasteiger partial charge in [-0.1, -0.05) is 60.1 Å². The molecule has 4 aromatic carbocycles. The third-order valence-corrected chi connectivity index (χ3v) is 7.98. The lowest BCUT2D eigenvalue weighted by Crippen LogP contribution is -2.28. The van der Waals surface area contributed by atoms with Gasteiger partial charge in [0, 0.05) is 10.6 Å². The number of thioether (sulfide) groups is 1. The smallest absolute Gasteiger partial charge is 0.293 e. The van der Waals surface area contributed by atoms with Crippen molar-refractivity contribution < 1.29 is 23.5 Å². The van der Waals surface area contributed by atoms with Crippen LogP contribution in [0.5, 0.6) is 11.5 Å². The summed E-state index contributed by atoms with van der Waals surface area (Å²) in [4.78, 5) is 26.9. The number of rotatable bonds is 8. The second-order valence-electron chi connectivity index (χ2n) is 8.66. The van der Waals surface area contributed by atoms with Crippen LogP contribution in [0.15, 0.2) is 82.2 Å². The van der Waals surface area contributed by atoms with Crippen LogP contribution in [0.25, 0.3) is 16.8 Å². The Bertz CT molecular complexity index is 1600. The van der Waals surface area contributed by atoms with Gasteiger partial charge in [0.2, 0.25) is 0 Å². The number of fused-ring (bicyclic) bond motifs is 1. The molecule has 9 heteroatoms. The van der Waals surface area contributed by atoms with Gasteiger partial charge in [0.15, 0.2) is 11.5 Å². The Labute approximate surface area is 242 Å². The van der Waals surface area contributed by atoms with Gasteiger partial charge in [-0.15, -0.1) is 0 Å². The van der Waals surface area contributed by atoms with E-state index in [9.17, 15) is 14.0 Å². The predicted molar refractivity (Wildman–Crippen MR) is 157 cm³/mol. The van der Waals surface area contributed by atoms with Crippen molar-refractivity contribution >= 4 is 67.3 Å². The minimum atomic E-state index is -0.574. The third kappa shape index (κ3) is 5.83. The van der Waals surface area contributed by atoms with Crippen molar-refractivity contribution in [2.75, 3.05) is 6.61 Å². The van der Waals surface area contributed by atoms with Gasteiger partial charge in [0.05, 0.1) is 22.5 Å². The maximum Gasteiger partial charge on any atom is 0.293 e. The monoisotopic (exact) mass is 625 g/mol. The van der Waals surface area contributed by atoms with Gasteiger partial charge >= 0.3 is 0 Å². The lowest BCUT2D eigenvalue weighted by molar-refractivity contribution is -0.123. The first-order valence-corrected chi connectivity index (χ1v) is 14.1. The zero-order chi connectivity index (χ0) is 27.5. The van der Waals surface area contributed by atoms with E-state index in [4.69, 9.17) is 21.1 Å². The molecular weight excluding hydrogens is 605 g/mol. The lowest BCUT2D eigenvalue weighted by Gasteiger charge is -2.16. The van der Waals surface area contributed by atoms with Crippen LogP contribution in [-0.4, -0.2) is 22.7 Å². The fourth-order valence-corrected chi connectivity index (χ4v) is 5.91. The molecule has 1 aliphatic heterocycles. The number of hydrogen-bond donors (Lipinski definition) is 0. The highest BCUT2D eigenvalue weighted by atomic mass is 79.9. The Hall–Kier alpha value is -3.33. The molecule has 1 saturated heterocycles. The second kappa shape index (κ2) is 11.8. The molecule has 39 heavy (non-hydrogen) atoms. The van der Waals surface area contributed by atoms with Gasteiger partial charge in [-0.3, -0.25) is 14.5 Å². The van der Waals surface area contributed by atoms with E-state index < -0.39 is 17.0 Å². The van der Waals surface area contributed by atoms with Crippen LogP contribution >= 0.6 is 39.3 Å². The van der Waals surface area contributed by atoms with Gasteiger partial charge in [-0.05, 0) is 86.9 Å². The van der Waals surface area contributed by atoms with Crippen molar-refractivity contribution in [1.29, 1.82) is 0 Å². The molecule has 0 spiro atoms. The fourth-order valence-electron chi connectivity index (χ4n) is 4.27. The minimum Gasteiger partial charge on any atom is -0.490 e. The number of nitrogens with zero attached hydrogens (tertiary/aromatic N) is 1. The Morgan fingerprint density at radius 1 is 1.03 bits per heavy atom. The molecule has 4 aromatic rings. The van der Waals surface area contributed by atoms with Gasteiger partial charge in [0.1, 0.15) is 12.4 Å². The van der Waals surface area contributed by atoms with Crippen LogP contribution in [0.3, 0.4) is 0 Å². The van der Waals surface area contributed by atoms with Crippen molar-refractivity contribution in [3.63, 3.8) is 0 Å². The maximum absolute atomic E-state index is 14.3. The summed E-state index contributed by atoms with van der Waals surface area (Å²) in [5, 5.41) is 1.90. The summed E-state index contributed by atoms with van der Waals surface area (Å²) in [6.07, 6.45) is 1.61. The van der Waals surface area contributed by atoms with E-state index in [1.165, 1.54) is 18.2 Å². The number of carbonyl (C=O) groups is 2. The zero-order valence-corrected chi connectivity index (χ0v) is 23.9. The molecule has 5 rings (SSSR count). The SMILES string of the molecule is CCOc1cc(/C=C2/SC(=O)N(Cc3c(F)cccc3Cl)C2=O)cc(Br)c1OCc1cccc2ccccc12. The summed E-state index contributed by atoms with van der Waals surface area (Å²) in [5.74, 6) is -0.0652. The molecule has 1 fully saturated rings. The molecular formula is C30H22BrClFNO4S. The third-order valence-electron chi connectivity index (χ3n) is 6.13. The molecule has 0 bridgehead atoms. The first-order valence-electron chi connectivity index (χ1n) is 12.1. The molecule has 0 saturated carbocycles. The Balaban J connectivity index is 1.39. The number of ether oxygens (including phenoxy) is 2. The Morgan fingerprint density at radius 2 is 1.79 bits per heavy atom. The number of amides is 2. The van der Waals surface area contributed by atoms with E-state index in [-0.39, 0.29) is 22.0 Å². The van der Waals surface area contributed by atoms with E-state index in [0.29, 0.717) is 34.7 Å². The summed E-state index contributed by atoms with van der Waals surface area (Å²) in [6.45, 7) is 2.36. The quantitative estimate of drug-likeness (QED) is 0.183. The Morgan fingerprint density at radius 3 is 2.59 bits per heavy atom. The second-order valence-corrected chi connectivity index (χ2v) is 10.9. The highest BCUT2D eigenvalue weighted by Crippen LogP contribution is 2.40. The topological polar surface area (TPSA) is 55.8 Å². The molecule has 0 atom stereocenters. The zero-order valence-electron chi connectivity index (χ0n) is 20.7. The number of benzene rings is 4. The Kier molecular flexibility index (Phi) is 8.26. The number of carbonyl (C=O) groups excluding carboxylic acids is 2. The average molecular weight is 627 g/mol. The van der Waals surface area contributed by atoms with Crippen LogP contribution in [0.4, 0.5) is 9.18 Å². The normalized spacial score (nSPS) is 14.5. The summed E-state index contributed by atoms with van der Waals surface area (Å²) in [5.41, 5.74) is 1.77. The van der Waals surface area contributed by atoms with Crippen LogP contribution in [0.1, 0.15) is 23.6 Å². The maximum atomic E-state index is 14.3. The molecule has 1 heterocycles. The van der Waals surface area contributed by atoms with E-state index >= 15 is 0 Å². The van der Waals surface area contributed by atoms with Crippen LogP contribution in [0.2, 0.25) is 5.02 Å². The molecule has 0 aromatic heterocycles. The number of hydrogen-bond acceptors (Lipinski definition) is 5. The van der Waals surface area contributed by atoms with Crippen LogP contribution < -0.4 is 9.47 Å². The highest BCUT2D eigenvalue weighted by molar-refractivity contribution is 9.10. The van der Waals surface area contributed by atoms with Crippen LogP contribution in [-0.2, 0) is 17.9 Å². The standard InChI is InChI=1S/C30H22BrClFNO4S/c1-2-37-26-14-18(13-23(31)28(26)38-17-20-9-5-8-19-7-3-4-10-21(19)20)15-27-29(35)34(30(36)39-27)16-22-24(32)11-6-12-25(22)33/h3-15H,2,16-17H2,1H3/b27-15+. The molecule has 0 aliphatic carbocycles. The van der Waals surface area contributed by atoms with E-state index in [1.54, 1.807) is 18.2 Å². The van der Waals surface area contributed by atoms with E-state index in [1.807, 2.05) is 31.2 Å². The summed E-state index contributed by atoms with van der Waals surface area (Å²) >= 11 is 10.5. The summed E-state index contributed by atoms with van der Waals surface area (Å²) in [6, 6.07) is 22.0. The lowest BCUT2D eigenvalue weighted by atomic mass is 10.1. The van der Waals surface area contributed by atoms with Crippen molar-refractivity contribution in [2.45, 2.75) is 20.1 Å². The molecule has 0 radical (unpaired) electrons. The van der Waals surface area contributed by atoms with E-state index in [2.05, 4.69) is 34.1 Å².